The molecule has 1 aromatic carbocycles. The van der Waals surface area contributed by atoms with Crippen LogP contribution < -0.4 is 10.1 Å². The molecule has 5 aromatic heterocycles. The standard InChI is InChI=1S/C28H23FN10O2/c1-17-9-20(3-4-24(17)41-22-5-7-37-25(10-22)30-15-33-37)35-27-26-23(6-8-38(26)34-16-31-27)19-11-32-39(12-19)21-13-36(14-21)28(40)18(2)29/h3-12,15-16,21H,2,13-14H2,1H3,(H,31,34,35). The van der Waals surface area contributed by atoms with Gasteiger partial charge in [-0.1, -0.05) is 6.58 Å². The normalized spacial score (nSPS) is 13.5. The van der Waals surface area contributed by atoms with E-state index in [0.717, 1.165) is 33.6 Å². The molecule has 0 saturated carbocycles. The van der Waals surface area contributed by atoms with Crippen molar-refractivity contribution in [1.29, 1.82) is 0 Å². The third kappa shape index (κ3) is 4.42. The van der Waals surface area contributed by atoms with Gasteiger partial charge in [0.1, 0.15) is 29.7 Å². The van der Waals surface area contributed by atoms with Gasteiger partial charge in [-0.15, -0.1) is 0 Å². The lowest BCUT2D eigenvalue weighted by Gasteiger charge is -2.38. The first kappa shape index (κ1) is 24.5. The average Bonchev–Trinajstić information content (AvgIpc) is 3.69. The molecule has 1 amide bonds. The molecule has 0 aliphatic carbocycles. The van der Waals surface area contributed by atoms with Crippen LogP contribution in [0.4, 0.5) is 15.9 Å². The van der Waals surface area contributed by atoms with E-state index >= 15 is 0 Å². The number of pyridine rings is 1. The Labute approximate surface area is 232 Å². The van der Waals surface area contributed by atoms with Gasteiger partial charge in [0.2, 0.25) is 0 Å². The molecule has 1 aliphatic rings. The van der Waals surface area contributed by atoms with Gasteiger partial charge in [0.05, 0.1) is 12.2 Å². The number of carbonyl (C=O) groups excluding carboxylic acids is 1. The van der Waals surface area contributed by atoms with Crippen LogP contribution >= 0.6 is 0 Å². The highest BCUT2D eigenvalue weighted by Crippen LogP contribution is 2.34. The van der Waals surface area contributed by atoms with Crippen molar-refractivity contribution in [1.82, 2.24) is 43.9 Å². The van der Waals surface area contributed by atoms with E-state index in [2.05, 4.69) is 37.2 Å². The van der Waals surface area contributed by atoms with Crippen LogP contribution in [0.2, 0.25) is 0 Å². The number of benzene rings is 1. The molecule has 13 heteroatoms. The summed E-state index contributed by atoms with van der Waals surface area (Å²) in [4.78, 5) is 21.9. The summed E-state index contributed by atoms with van der Waals surface area (Å²) in [6.07, 6.45) is 10.3. The highest BCUT2D eigenvalue weighted by molar-refractivity contribution is 5.91. The molecule has 0 unspecified atom stereocenters. The van der Waals surface area contributed by atoms with Gasteiger partial charge >= 0.3 is 0 Å². The second kappa shape index (κ2) is 9.55. The van der Waals surface area contributed by atoms with Gasteiger partial charge in [0.15, 0.2) is 17.3 Å². The third-order valence-electron chi connectivity index (χ3n) is 7.04. The molecule has 204 valence electrons. The fourth-order valence-corrected chi connectivity index (χ4v) is 4.88. The summed E-state index contributed by atoms with van der Waals surface area (Å²) in [7, 11) is 0. The van der Waals surface area contributed by atoms with Gasteiger partial charge < -0.3 is 15.0 Å². The van der Waals surface area contributed by atoms with E-state index < -0.39 is 11.7 Å². The highest BCUT2D eigenvalue weighted by Gasteiger charge is 2.33. The number of fused-ring (bicyclic) bond motifs is 2. The van der Waals surface area contributed by atoms with E-state index in [1.807, 2.05) is 55.7 Å². The number of amides is 1. The molecule has 0 atom stereocenters. The topological polar surface area (TPSA) is 120 Å². The zero-order valence-corrected chi connectivity index (χ0v) is 21.8. The second-order valence-corrected chi connectivity index (χ2v) is 9.74. The van der Waals surface area contributed by atoms with Crippen LogP contribution in [0.15, 0.2) is 86.2 Å². The second-order valence-electron chi connectivity index (χ2n) is 9.74. The van der Waals surface area contributed by atoms with Crippen LogP contribution in [0.1, 0.15) is 11.6 Å². The third-order valence-corrected chi connectivity index (χ3v) is 7.04. The number of nitrogens with one attached hydrogen (secondary N) is 1. The maximum atomic E-state index is 13.2. The summed E-state index contributed by atoms with van der Waals surface area (Å²) in [5.74, 6) is 0.380. The minimum atomic E-state index is -0.951. The Bertz CT molecular complexity index is 1950. The Balaban J connectivity index is 1.11. The number of hydrogen-bond donors (Lipinski definition) is 1. The smallest absolute Gasteiger partial charge is 0.282 e. The van der Waals surface area contributed by atoms with Crippen molar-refractivity contribution in [2.75, 3.05) is 18.4 Å². The first-order valence-electron chi connectivity index (χ1n) is 12.8. The predicted molar refractivity (Wildman–Crippen MR) is 148 cm³/mol. The maximum absolute atomic E-state index is 13.2. The largest absolute Gasteiger partial charge is 0.457 e. The summed E-state index contributed by atoms with van der Waals surface area (Å²) >= 11 is 0. The van der Waals surface area contributed by atoms with Gasteiger partial charge in [-0.05, 0) is 42.8 Å². The Kier molecular flexibility index (Phi) is 5.70. The van der Waals surface area contributed by atoms with Crippen LogP contribution in [-0.2, 0) is 4.79 Å². The Morgan fingerprint density at radius 2 is 1.85 bits per heavy atom. The molecule has 0 radical (unpaired) electrons. The zero-order valence-electron chi connectivity index (χ0n) is 21.8. The van der Waals surface area contributed by atoms with Crippen molar-refractivity contribution in [2.45, 2.75) is 13.0 Å². The van der Waals surface area contributed by atoms with Crippen molar-refractivity contribution < 1.29 is 13.9 Å². The molecule has 6 aromatic rings. The number of carbonyl (C=O) groups is 1. The summed E-state index contributed by atoms with van der Waals surface area (Å²) in [5.41, 5.74) is 5.01. The van der Waals surface area contributed by atoms with Crippen molar-refractivity contribution in [3.8, 4) is 22.6 Å². The van der Waals surface area contributed by atoms with Crippen LogP contribution in [0, 0.1) is 6.92 Å². The Hall–Kier alpha value is -5.59. The number of anilines is 2. The molecule has 0 spiro atoms. The van der Waals surface area contributed by atoms with Crippen molar-refractivity contribution in [2.24, 2.45) is 0 Å². The van der Waals surface area contributed by atoms with Gasteiger partial charge in [-0.2, -0.15) is 15.3 Å². The number of nitrogens with zero attached hydrogens (tertiary/aromatic N) is 9. The van der Waals surface area contributed by atoms with E-state index in [4.69, 9.17) is 4.74 Å². The van der Waals surface area contributed by atoms with E-state index in [-0.39, 0.29) is 6.04 Å². The summed E-state index contributed by atoms with van der Waals surface area (Å²) in [5, 5.41) is 16.4. The number of ether oxygens (including phenoxy) is 1. The number of aryl methyl sites for hydroxylation is 1. The van der Waals surface area contributed by atoms with E-state index in [0.29, 0.717) is 30.3 Å². The number of likely N-dealkylation sites (tertiary alicyclic amines) is 1. The minimum Gasteiger partial charge on any atom is -0.457 e. The number of rotatable bonds is 7. The number of aromatic nitrogens is 8. The molecule has 7 rings (SSSR count). The van der Waals surface area contributed by atoms with E-state index in [1.54, 1.807) is 26.1 Å². The van der Waals surface area contributed by atoms with Crippen molar-refractivity contribution >= 4 is 28.6 Å². The monoisotopic (exact) mass is 550 g/mol. The first-order chi connectivity index (χ1) is 19.9. The lowest BCUT2D eigenvalue weighted by atomic mass is 10.1. The Morgan fingerprint density at radius 3 is 2.68 bits per heavy atom. The minimum absolute atomic E-state index is 0.0308. The molecule has 0 bridgehead atoms. The van der Waals surface area contributed by atoms with Gasteiger partial charge in [-0.3, -0.25) is 9.48 Å². The average molecular weight is 551 g/mol. The number of hydrogen-bond acceptors (Lipinski definition) is 8. The lowest BCUT2D eigenvalue weighted by Crippen LogP contribution is -2.50. The molecule has 41 heavy (non-hydrogen) atoms. The highest BCUT2D eigenvalue weighted by atomic mass is 19.1. The first-order valence-corrected chi connectivity index (χ1v) is 12.8. The molecule has 12 nitrogen and oxygen atoms in total. The quantitative estimate of drug-likeness (QED) is 0.292. The SMILES string of the molecule is C=C(F)C(=O)N1CC(n2cc(-c3ccn4ncnc(Nc5ccc(Oc6ccn7ncnc7c6)c(C)c5)c34)cn2)C1. The summed E-state index contributed by atoms with van der Waals surface area (Å²) < 4.78 is 24.5. The lowest BCUT2D eigenvalue weighted by molar-refractivity contribution is -0.134. The van der Waals surface area contributed by atoms with Gasteiger partial charge in [0, 0.05) is 54.6 Å². The number of halogens is 1. The molecule has 1 fully saturated rings. The summed E-state index contributed by atoms with van der Waals surface area (Å²) in [6.45, 7) is 5.81. The molecular formula is C28H23FN10O2. The van der Waals surface area contributed by atoms with E-state index in [9.17, 15) is 9.18 Å². The summed E-state index contributed by atoms with van der Waals surface area (Å²) in [6, 6.07) is 11.4. The predicted octanol–water partition coefficient (Wildman–Crippen LogP) is 4.35. The molecule has 1 saturated heterocycles. The van der Waals surface area contributed by atoms with E-state index in [1.165, 1.54) is 17.6 Å². The fourth-order valence-electron chi connectivity index (χ4n) is 4.88. The van der Waals surface area contributed by atoms with Crippen LogP contribution in [0.25, 0.3) is 22.3 Å². The van der Waals surface area contributed by atoms with Crippen LogP contribution in [-0.4, -0.2) is 62.9 Å². The van der Waals surface area contributed by atoms with Gasteiger partial charge in [0.25, 0.3) is 5.91 Å². The molecule has 6 heterocycles. The fraction of sp³-hybridized carbons (Fsp3) is 0.143. The maximum Gasteiger partial charge on any atom is 0.282 e. The Morgan fingerprint density at radius 1 is 1.05 bits per heavy atom. The molecule has 1 aliphatic heterocycles. The molecular weight excluding hydrogens is 527 g/mol. The van der Waals surface area contributed by atoms with Crippen LogP contribution in [0.3, 0.4) is 0 Å². The van der Waals surface area contributed by atoms with Crippen LogP contribution in [0.5, 0.6) is 11.5 Å². The zero-order chi connectivity index (χ0) is 28.1. The van der Waals surface area contributed by atoms with Crippen molar-refractivity contribution in [3.05, 3.63) is 91.8 Å². The molecule has 1 N–H and O–H groups in total. The van der Waals surface area contributed by atoms with Gasteiger partial charge in [-0.25, -0.2) is 23.4 Å². The van der Waals surface area contributed by atoms with Crippen molar-refractivity contribution in [3.63, 3.8) is 0 Å².